The highest BCUT2D eigenvalue weighted by atomic mass is 32.2. The van der Waals surface area contributed by atoms with E-state index in [4.69, 9.17) is 4.74 Å². The number of rotatable bonds is 4. The van der Waals surface area contributed by atoms with Crippen molar-refractivity contribution in [2.45, 2.75) is 57.6 Å². The Balaban J connectivity index is 2.46. The van der Waals surface area contributed by atoms with Gasteiger partial charge in [0.05, 0.1) is 5.69 Å². The van der Waals surface area contributed by atoms with Gasteiger partial charge in [-0.05, 0) is 45.2 Å². The summed E-state index contributed by atoms with van der Waals surface area (Å²) in [6, 6.07) is 3.15. The quantitative estimate of drug-likeness (QED) is 0.775. The lowest BCUT2D eigenvalue weighted by Crippen LogP contribution is -2.48. The number of esters is 1. The summed E-state index contributed by atoms with van der Waals surface area (Å²) in [4.78, 5) is 12.8. The average molecular weight is 384 g/mol. The smallest absolute Gasteiger partial charge is 0.324 e. The molecule has 8 heteroatoms. The number of carbonyl (C=O) groups excluding carboxylic acids is 1. The Morgan fingerprint density at radius 1 is 1.35 bits per heavy atom. The second-order valence-electron chi connectivity index (χ2n) is 7.90. The van der Waals surface area contributed by atoms with Crippen LogP contribution in [0.3, 0.4) is 0 Å². The summed E-state index contributed by atoms with van der Waals surface area (Å²) in [5.41, 5.74) is -0.371. The largest absolute Gasteiger partial charge is 0.508 e. The minimum Gasteiger partial charge on any atom is -0.508 e. The number of hydrogen-bond acceptors (Lipinski definition) is 6. The molecule has 0 radical (unpaired) electrons. The standard InChI is InChI=1S/C18H28N2O5S/c1-12(2)10-15(17(22)25-18(3,4)5)20-9-8-19-14-11-13(21)6-7-16(14)26(20,23)24/h6-7,11-12,15,19,21H,8-10H2,1-5H3/t15-/m1/s1. The average Bonchev–Trinajstić information content (AvgIpc) is 2.58. The van der Waals surface area contributed by atoms with Gasteiger partial charge in [0, 0.05) is 19.2 Å². The summed E-state index contributed by atoms with van der Waals surface area (Å²) >= 11 is 0. The highest BCUT2D eigenvalue weighted by Gasteiger charge is 2.40. The van der Waals surface area contributed by atoms with Crippen molar-refractivity contribution in [3.05, 3.63) is 18.2 Å². The first-order chi connectivity index (χ1) is 11.9. The second kappa shape index (κ2) is 7.44. The van der Waals surface area contributed by atoms with Crippen LogP contribution in [0.4, 0.5) is 5.69 Å². The van der Waals surface area contributed by atoms with Gasteiger partial charge in [0.15, 0.2) is 0 Å². The molecule has 2 N–H and O–H groups in total. The predicted molar refractivity (Wildman–Crippen MR) is 99.6 cm³/mol. The maximum atomic E-state index is 13.2. The maximum absolute atomic E-state index is 13.2. The van der Waals surface area contributed by atoms with Crippen LogP contribution in [-0.4, -0.2) is 48.5 Å². The Morgan fingerprint density at radius 2 is 2.00 bits per heavy atom. The van der Waals surface area contributed by atoms with Crippen molar-refractivity contribution in [2.24, 2.45) is 5.92 Å². The number of phenolic OH excluding ortho intramolecular Hbond substituents is 1. The normalized spacial score (nSPS) is 18.5. The number of hydrogen-bond donors (Lipinski definition) is 2. The number of ether oxygens (including phenoxy) is 1. The van der Waals surface area contributed by atoms with Gasteiger partial charge in [0.2, 0.25) is 10.0 Å². The van der Waals surface area contributed by atoms with Crippen molar-refractivity contribution in [1.29, 1.82) is 0 Å². The van der Waals surface area contributed by atoms with Gasteiger partial charge in [-0.3, -0.25) is 4.79 Å². The van der Waals surface area contributed by atoms with Crippen molar-refractivity contribution in [3.8, 4) is 5.75 Å². The third kappa shape index (κ3) is 4.67. The van der Waals surface area contributed by atoms with Gasteiger partial charge in [-0.15, -0.1) is 0 Å². The summed E-state index contributed by atoms with van der Waals surface area (Å²) in [7, 11) is -3.92. The molecular formula is C18H28N2O5S. The minimum absolute atomic E-state index is 0.0224. The van der Waals surface area contributed by atoms with E-state index in [2.05, 4.69) is 5.32 Å². The van der Waals surface area contributed by atoms with Crippen molar-refractivity contribution >= 4 is 21.7 Å². The third-order valence-corrected chi connectivity index (χ3v) is 5.88. The minimum atomic E-state index is -3.92. The van der Waals surface area contributed by atoms with E-state index < -0.39 is 27.6 Å². The fourth-order valence-electron chi connectivity index (χ4n) is 2.90. The van der Waals surface area contributed by atoms with Crippen LogP contribution >= 0.6 is 0 Å². The zero-order valence-electron chi connectivity index (χ0n) is 15.9. The fourth-order valence-corrected chi connectivity index (χ4v) is 4.64. The zero-order valence-corrected chi connectivity index (χ0v) is 16.8. The molecule has 0 fully saturated rings. The molecule has 0 unspecified atom stereocenters. The number of carbonyl (C=O) groups is 1. The number of nitrogens with zero attached hydrogens (tertiary/aromatic N) is 1. The molecular weight excluding hydrogens is 356 g/mol. The molecule has 0 spiro atoms. The summed E-state index contributed by atoms with van der Waals surface area (Å²) in [5, 5.41) is 12.7. The van der Waals surface area contributed by atoms with Gasteiger partial charge in [-0.25, -0.2) is 8.42 Å². The zero-order chi connectivity index (χ0) is 19.7. The summed E-state index contributed by atoms with van der Waals surface area (Å²) in [6.07, 6.45) is 0.363. The molecule has 0 aromatic heterocycles. The first-order valence-corrected chi connectivity index (χ1v) is 10.2. The van der Waals surface area contributed by atoms with Crippen molar-refractivity contribution in [2.75, 3.05) is 18.4 Å². The fraction of sp³-hybridized carbons (Fsp3) is 0.611. The Kier molecular flexibility index (Phi) is 5.87. The van der Waals surface area contributed by atoms with E-state index in [9.17, 15) is 18.3 Å². The highest BCUT2D eigenvalue weighted by molar-refractivity contribution is 7.89. The van der Waals surface area contributed by atoms with Gasteiger partial charge in [0.1, 0.15) is 22.3 Å². The lowest BCUT2D eigenvalue weighted by atomic mass is 10.0. The highest BCUT2D eigenvalue weighted by Crippen LogP contribution is 2.32. The molecule has 1 aromatic rings. The first-order valence-electron chi connectivity index (χ1n) is 8.73. The molecule has 26 heavy (non-hydrogen) atoms. The van der Waals surface area contributed by atoms with E-state index in [1.807, 2.05) is 13.8 Å². The second-order valence-corrected chi connectivity index (χ2v) is 9.76. The van der Waals surface area contributed by atoms with Crippen molar-refractivity contribution in [1.82, 2.24) is 4.31 Å². The van der Waals surface area contributed by atoms with E-state index in [-0.39, 0.29) is 23.1 Å². The molecule has 0 saturated heterocycles. The SMILES string of the molecule is CC(C)C[C@H](C(=O)OC(C)(C)C)N1CCNc2cc(O)ccc2S1(=O)=O. The van der Waals surface area contributed by atoms with Gasteiger partial charge in [-0.1, -0.05) is 13.8 Å². The topological polar surface area (TPSA) is 95.9 Å². The molecule has 0 saturated carbocycles. The van der Waals surface area contributed by atoms with Crippen LogP contribution < -0.4 is 5.32 Å². The van der Waals surface area contributed by atoms with Crippen LogP contribution in [-0.2, 0) is 19.6 Å². The number of sulfonamides is 1. The molecule has 146 valence electrons. The van der Waals surface area contributed by atoms with Crippen molar-refractivity contribution < 1.29 is 23.1 Å². The van der Waals surface area contributed by atoms with Crippen LogP contribution in [0.2, 0.25) is 0 Å². The Labute approximate surface area is 155 Å². The molecule has 0 amide bonds. The Bertz CT molecular complexity index is 768. The monoisotopic (exact) mass is 384 g/mol. The van der Waals surface area contributed by atoms with Gasteiger partial charge < -0.3 is 15.2 Å². The predicted octanol–water partition coefficient (Wildman–Crippen LogP) is 2.56. The van der Waals surface area contributed by atoms with E-state index in [1.54, 1.807) is 20.8 Å². The Hall–Kier alpha value is -1.80. The summed E-state index contributed by atoms with van der Waals surface area (Å²) in [6.45, 7) is 9.61. The van der Waals surface area contributed by atoms with Crippen LogP contribution in [0.5, 0.6) is 5.75 Å². The summed E-state index contributed by atoms with van der Waals surface area (Å²) in [5.74, 6) is -0.457. The van der Waals surface area contributed by atoms with Crippen LogP contribution in [0.25, 0.3) is 0 Å². The Morgan fingerprint density at radius 3 is 2.58 bits per heavy atom. The number of phenols is 1. The molecule has 0 bridgehead atoms. The number of benzene rings is 1. The first kappa shape index (κ1) is 20.5. The molecule has 1 aliphatic heterocycles. The molecule has 0 aliphatic carbocycles. The summed E-state index contributed by atoms with van der Waals surface area (Å²) < 4.78 is 33.2. The lowest BCUT2D eigenvalue weighted by Gasteiger charge is -2.31. The molecule has 2 rings (SSSR count). The number of fused-ring (bicyclic) bond motifs is 1. The number of nitrogens with one attached hydrogen (secondary N) is 1. The number of aromatic hydroxyl groups is 1. The van der Waals surface area contributed by atoms with Gasteiger partial charge in [0.25, 0.3) is 0 Å². The lowest BCUT2D eigenvalue weighted by molar-refractivity contribution is -0.160. The van der Waals surface area contributed by atoms with Gasteiger partial charge >= 0.3 is 5.97 Å². The molecule has 1 aromatic carbocycles. The van der Waals surface area contributed by atoms with Crippen LogP contribution in [0.15, 0.2) is 23.1 Å². The van der Waals surface area contributed by atoms with Crippen LogP contribution in [0, 0.1) is 5.92 Å². The maximum Gasteiger partial charge on any atom is 0.324 e. The van der Waals surface area contributed by atoms with Crippen LogP contribution in [0.1, 0.15) is 41.0 Å². The van der Waals surface area contributed by atoms with Crippen molar-refractivity contribution in [3.63, 3.8) is 0 Å². The molecule has 1 aliphatic rings. The van der Waals surface area contributed by atoms with E-state index >= 15 is 0 Å². The molecule has 7 nitrogen and oxygen atoms in total. The number of anilines is 1. The molecule has 1 atom stereocenters. The molecule has 1 heterocycles. The van der Waals surface area contributed by atoms with Gasteiger partial charge in [-0.2, -0.15) is 4.31 Å². The van der Waals surface area contributed by atoms with E-state index in [0.29, 0.717) is 18.7 Å². The third-order valence-electron chi connectivity index (χ3n) is 3.92. The van der Waals surface area contributed by atoms with E-state index in [1.165, 1.54) is 22.5 Å². The van der Waals surface area contributed by atoms with E-state index in [0.717, 1.165) is 0 Å².